The zero-order valence-corrected chi connectivity index (χ0v) is 10.7. The van der Waals surface area contributed by atoms with Gasteiger partial charge < -0.3 is 14.0 Å². The van der Waals surface area contributed by atoms with Crippen molar-refractivity contribution in [3.8, 4) is 0 Å². The van der Waals surface area contributed by atoms with E-state index >= 15 is 0 Å². The Balaban J connectivity index is 1.68. The Kier molecular flexibility index (Phi) is 4.40. The predicted octanol–water partition coefficient (Wildman–Crippen LogP) is 2.03. The van der Waals surface area contributed by atoms with Gasteiger partial charge in [-0.15, -0.1) is 0 Å². The van der Waals surface area contributed by atoms with Crippen LogP contribution in [-0.2, 0) is 16.0 Å². The van der Waals surface area contributed by atoms with Gasteiger partial charge in [0, 0.05) is 13.2 Å². The van der Waals surface area contributed by atoms with Crippen molar-refractivity contribution in [3.05, 3.63) is 16.2 Å². The highest BCUT2D eigenvalue weighted by Gasteiger charge is 2.13. The van der Waals surface area contributed by atoms with Gasteiger partial charge in [0.25, 0.3) is 0 Å². The molecule has 0 spiro atoms. The molecule has 1 aliphatic heterocycles. The summed E-state index contributed by atoms with van der Waals surface area (Å²) in [5, 5.41) is 0. The number of hydrogen-bond donors (Lipinski definition) is 0. The van der Waals surface area contributed by atoms with Crippen LogP contribution in [0.3, 0.4) is 0 Å². The van der Waals surface area contributed by atoms with E-state index in [1.54, 1.807) is 0 Å². The molecule has 0 amide bonds. The van der Waals surface area contributed by atoms with E-state index in [9.17, 15) is 0 Å². The number of aromatic nitrogens is 2. The highest BCUT2D eigenvalue weighted by atomic mass is 127. The van der Waals surface area contributed by atoms with E-state index in [0.29, 0.717) is 6.61 Å². The van der Waals surface area contributed by atoms with Crippen LogP contribution in [0.1, 0.15) is 19.3 Å². The highest BCUT2D eigenvalue weighted by molar-refractivity contribution is 14.1. The maximum absolute atomic E-state index is 5.64. The zero-order valence-electron chi connectivity index (χ0n) is 8.56. The lowest BCUT2D eigenvalue weighted by molar-refractivity contribution is -0.163. The monoisotopic (exact) mass is 322 g/mol. The zero-order chi connectivity index (χ0) is 10.5. The number of rotatable bonds is 4. The summed E-state index contributed by atoms with van der Waals surface area (Å²) in [6.45, 7) is 2.38. The average molecular weight is 322 g/mol. The van der Waals surface area contributed by atoms with Crippen molar-refractivity contribution < 1.29 is 9.47 Å². The second-order valence-corrected chi connectivity index (χ2v) is 4.68. The van der Waals surface area contributed by atoms with Crippen LogP contribution in [0, 0.1) is 3.70 Å². The third-order valence-corrected chi connectivity index (χ3v) is 3.33. The Morgan fingerprint density at radius 2 is 2.53 bits per heavy atom. The molecule has 84 valence electrons. The van der Waals surface area contributed by atoms with Gasteiger partial charge in [-0.1, -0.05) is 0 Å². The number of imidazole rings is 1. The minimum atomic E-state index is 0.0138. The SMILES string of the molecule is Ic1cncn1CCOC1CCCCO1. The maximum atomic E-state index is 5.64. The first-order valence-corrected chi connectivity index (χ1v) is 6.33. The molecule has 1 aliphatic rings. The number of halogens is 1. The molecule has 0 aliphatic carbocycles. The van der Waals surface area contributed by atoms with Crippen LogP contribution >= 0.6 is 22.6 Å². The van der Waals surface area contributed by atoms with Crippen molar-refractivity contribution in [2.75, 3.05) is 13.2 Å². The normalized spacial score (nSPS) is 21.8. The van der Waals surface area contributed by atoms with Crippen LogP contribution in [0.2, 0.25) is 0 Å². The van der Waals surface area contributed by atoms with Crippen LogP contribution in [0.25, 0.3) is 0 Å². The molecule has 0 bridgehead atoms. The highest BCUT2D eigenvalue weighted by Crippen LogP contribution is 2.13. The summed E-state index contributed by atoms with van der Waals surface area (Å²) in [6, 6.07) is 0. The lowest BCUT2D eigenvalue weighted by Gasteiger charge is -2.22. The van der Waals surface area contributed by atoms with E-state index in [1.807, 2.05) is 12.5 Å². The Labute approximate surface area is 103 Å². The average Bonchev–Trinajstić information content (AvgIpc) is 2.66. The smallest absolute Gasteiger partial charge is 0.157 e. The molecule has 1 aromatic rings. The Hall–Kier alpha value is -0.140. The van der Waals surface area contributed by atoms with Crippen molar-refractivity contribution in [2.24, 2.45) is 0 Å². The van der Waals surface area contributed by atoms with Gasteiger partial charge in [-0.05, 0) is 41.9 Å². The van der Waals surface area contributed by atoms with E-state index in [2.05, 4.69) is 32.1 Å². The van der Waals surface area contributed by atoms with Crippen molar-refractivity contribution in [1.29, 1.82) is 0 Å². The second-order valence-electron chi connectivity index (χ2n) is 3.58. The molecule has 0 N–H and O–H groups in total. The molecule has 4 nitrogen and oxygen atoms in total. The van der Waals surface area contributed by atoms with Crippen LogP contribution in [0.4, 0.5) is 0 Å². The summed E-state index contributed by atoms with van der Waals surface area (Å²) in [4.78, 5) is 4.06. The fourth-order valence-electron chi connectivity index (χ4n) is 1.59. The lowest BCUT2D eigenvalue weighted by Crippen LogP contribution is -2.24. The summed E-state index contributed by atoms with van der Waals surface area (Å²) < 4.78 is 14.3. The van der Waals surface area contributed by atoms with Crippen LogP contribution in [0.15, 0.2) is 12.5 Å². The summed E-state index contributed by atoms with van der Waals surface area (Å²) in [5.74, 6) is 0. The molecule has 0 saturated carbocycles. The van der Waals surface area contributed by atoms with Gasteiger partial charge in [-0.2, -0.15) is 0 Å². The number of ether oxygens (including phenoxy) is 2. The van der Waals surface area contributed by atoms with Gasteiger partial charge in [0.15, 0.2) is 6.29 Å². The molecule has 2 rings (SSSR count). The third-order valence-electron chi connectivity index (χ3n) is 2.44. The van der Waals surface area contributed by atoms with Crippen LogP contribution in [0.5, 0.6) is 0 Å². The van der Waals surface area contributed by atoms with Crippen LogP contribution < -0.4 is 0 Å². The molecule has 5 heteroatoms. The minimum Gasteiger partial charge on any atom is -0.353 e. The molecule has 1 unspecified atom stereocenters. The van der Waals surface area contributed by atoms with Crippen molar-refractivity contribution in [1.82, 2.24) is 9.55 Å². The van der Waals surface area contributed by atoms with Crippen molar-refractivity contribution >= 4 is 22.6 Å². The van der Waals surface area contributed by atoms with Crippen molar-refractivity contribution in [2.45, 2.75) is 32.1 Å². The Bertz CT molecular complexity index is 297. The van der Waals surface area contributed by atoms with E-state index in [0.717, 1.165) is 23.3 Å². The summed E-state index contributed by atoms with van der Waals surface area (Å²) in [7, 11) is 0. The molecule has 1 atom stereocenters. The molecular weight excluding hydrogens is 307 g/mol. The molecule has 1 fully saturated rings. The van der Waals surface area contributed by atoms with Crippen molar-refractivity contribution in [3.63, 3.8) is 0 Å². The first kappa shape index (κ1) is 11.3. The summed E-state index contributed by atoms with van der Waals surface area (Å²) in [6.07, 6.45) is 7.10. The van der Waals surface area contributed by atoms with Gasteiger partial charge in [0.05, 0.1) is 22.8 Å². The fraction of sp³-hybridized carbons (Fsp3) is 0.700. The molecular formula is C10H15IN2O2. The van der Waals surface area contributed by atoms with E-state index in [4.69, 9.17) is 9.47 Å². The number of hydrogen-bond acceptors (Lipinski definition) is 3. The molecule has 2 heterocycles. The number of nitrogens with zero attached hydrogens (tertiary/aromatic N) is 2. The maximum Gasteiger partial charge on any atom is 0.157 e. The molecule has 15 heavy (non-hydrogen) atoms. The van der Waals surface area contributed by atoms with Crippen LogP contribution in [-0.4, -0.2) is 29.1 Å². The van der Waals surface area contributed by atoms with Gasteiger partial charge in [0.2, 0.25) is 0 Å². The second kappa shape index (κ2) is 5.81. The van der Waals surface area contributed by atoms with E-state index in [1.165, 1.54) is 12.8 Å². The predicted molar refractivity (Wildman–Crippen MR) is 64.5 cm³/mol. The quantitative estimate of drug-likeness (QED) is 0.796. The van der Waals surface area contributed by atoms with E-state index < -0.39 is 0 Å². The van der Waals surface area contributed by atoms with Gasteiger partial charge in [-0.3, -0.25) is 0 Å². The summed E-state index contributed by atoms with van der Waals surface area (Å²) in [5.41, 5.74) is 0. The van der Waals surface area contributed by atoms with Gasteiger partial charge in [0.1, 0.15) is 0 Å². The summed E-state index contributed by atoms with van der Waals surface area (Å²) >= 11 is 2.26. The molecule has 1 aromatic heterocycles. The van der Waals surface area contributed by atoms with Gasteiger partial charge in [-0.25, -0.2) is 4.98 Å². The van der Waals surface area contributed by atoms with Gasteiger partial charge >= 0.3 is 0 Å². The fourth-order valence-corrected chi connectivity index (χ4v) is 2.12. The largest absolute Gasteiger partial charge is 0.353 e. The molecule has 1 saturated heterocycles. The Morgan fingerprint density at radius 1 is 1.60 bits per heavy atom. The first-order chi connectivity index (χ1) is 7.36. The minimum absolute atomic E-state index is 0.0138. The lowest BCUT2D eigenvalue weighted by atomic mass is 10.2. The topological polar surface area (TPSA) is 36.3 Å². The third kappa shape index (κ3) is 3.42. The Morgan fingerprint density at radius 3 is 3.20 bits per heavy atom. The standard InChI is InChI=1S/C10H15IN2O2/c11-9-7-12-8-13(9)4-6-15-10-3-1-2-5-14-10/h7-8,10H,1-6H2. The molecule has 0 radical (unpaired) electrons. The molecule has 0 aromatic carbocycles. The van der Waals surface area contributed by atoms with E-state index in [-0.39, 0.29) is 6.29 Å². The first-order valence-electron chi connectivity index (χ1n) is 5.25.